The molecule has 1 heterocycles. The van der Waals surface area contributed by atoms with Crippen LogP contribution in [0.25, 0.3) is 0 Å². The lowest BCUT2D eigenvalue weighted by molar-refractivity contribution is 0.0507. The number of rotatable bonds is 7. The van der Waals surface area contributed by atoms with Crippen molar-refractivity contribution in [3.05, 3.63) is 57.6 Å². The summed E-state index contributed by atoms with van der Waals surface area (Å²) in [7, 11) is 5.49. The van der Waals surface area contributed by atoms with Crippen LogP contribution in [0.1, 0.15) is 28.8 Å². The van der Waals surface area contributed by atoms with Crippen molar-refractivity contribution in [2.45, 2.75) is 25.5 Å². The molecule has 2 aromatic carbocycles. The van der Waals surface area contributed by atoms with Crippen molar-refractivity contribution < 1.29 is 14.3 Å². The van der Waals surface area contributed by atoms with E-state index in [-0.39, 0.29) is 12.0 Å². The van der Waals surface area contributed by atoms with Gasteiger partial charge in [0.1, 0.15) is 0 Å². The van der Waals surface area contributed by atoms with E-state index in [4.69, 9.17) is 32.7 Å². The van der Waals surface area contributed by atoms with Gasteiger partial charge in [-0.25, -0.2) is 0 Å². The van der Waals surface area contributed by atoms with Crippen molar-refractivity contribution in [2.75, 3.05) is 39.3 Å². The van der Waals surface area contributed by atoms with E-state index in [1.165, 1.54) is 7.11 Å². The van der Waals surface area contributed by atoms with Gasteiger partial charge in [0.15, 0.2) is 5.75 Å². The molecule has 7 heteroatoms. The van der Waals surface area contributed by atoms with E-state index in [9.17, 15) is 4.79 Å². The molecular weight excluding hydrogens is 411 g/mol. The van der Waals surface area contributed by atoms with Crippen molar-refractivity contribution >= 4 is 34.8 Å². The highest BCUT2D eigenvalue weighted by Gasteiger charge is 2.25. The van der Waals surface area contributed by atoms with Gasteiger partial charge in [-0.05, 0) is 42.7 Å². The van der Waals surface area contributed by atoms with E-state index < -0.39 is 0 Å². The minimum Gasteiger partial charge on any atom is -0.494 e. The minimum absolute atomic E-state index is 0.0455. The third-order valence-electron chi connectivity index (χ3n) is 5.01. The predicted octanol–water partition coefficient (Wildman–Crippen LogP) is 4.89. The maximum Gasteiger partial charge on any atom is 0.254 e. The van der Waals surface area contributed by atoms with Gasteiger partial charge in [0.05, 0.1) is 23.3 Å². The summed E-state index contributed by atoms with van der Waals surface area (Å²) >= 11 is 12.5. The molecule has 0 radical (unpaired) electrons. The molecular formula is C22H26Cl2N2O3. The monoisotopic (exact) mass is 436 g/mol. The molecule has 1 atom stereocenters. The molecule has 1 saturated heterocycles. The Morgan fingerprint density at radius 3 is 2.34 bits per heavy atom. The highest BCUT2D eigenvalue weighted by atomic mass is 35.5. The molecule has 0 bridgehead atoms. The summed E-state index contributed by atoms with van der Waals surface area (Å²) in [6.45, 7) is 1.74. The van der Waals surface area contributed by atoms with Gasteiger partial charge in [0.2, 0.25) is 0 Å². The number of carbonyl (C=O) groups is 1. The minimum atomic E-state index is -0.136. The maximum atomic E-state index is 13.3. The van der Waals surface area contributed by atoms with Gasteiger partial charge in [0.25, 0.3) is 5.91 Å². The SMILES string of the molecule is COc1c(Cl)cc(C(=O)N(Cc2ccc(N(C)C)cc2)C[C@H]2CCCO2)cc1Cl. The Balaban J connectivity index is 1.85. The van der Waals surface area contributed by atoms with E-state index in [1.54, 1.807) is 17.0 Å². The van der Waals surface area contributed by atoms with Gasteiger partial charge < -0.3 is 19.3 Å². The van der Waals surface area contributed by atoms with E-state index in [0.29, 0.717) is 34.4 Å². The van der Waals surface area contributed by atoms with Crippen molar-refractivity contribution in [1.29, 1.82) is 0 Å². The number of benzene rings is 2. The Bertz CT molecular complexity index is 827. The summed E-state index contributed by atoms with van der Waals surface area (Å²) in [4.78, 5) is 17.2. The molecule has 0 aromatic heterocycles. The van der Waals surface area contributed by atoms with E-state index >= 15 is 0 Å². The number of nitrogens with zero attached hydrogens (tertiary/aromatic N) is 2. The number of methoxy groups -OCH3 is 1. The number of anilines is 1. The first kappa shape index (κ1) is 21.8. The van der Waals surface area contributed by atoms with Crippen LogP contribution in [0.2, 0.25) is 10.0 Å². The topological polar surface area (TPSA) is 42.0 Å². The second-order valence-corrected chi connectivity index (χ2v) is 8.17. The van der Waals surface area contributed by atoms with Crippen LogP contribution >= 0.6 is 23.2 Å². The zero-order valence-corrected chi connectivity index (χ0v) is 18.5. The first-order chi connectivity index (χ1) is 13.9. The lowest BCUT2D eigenvalue weighted by Crippen LogP contribution is -2.37. The molecule has 1 aliphatic heterocycles. The summed E-state index contributed by atoms with van der Waals surface area (Å²) in [6.07, 6.45) is 2.02. The van der Waals surface area contributed by atoms with Gasteiger partial charge in [-0.15, -0.1) is 0 Å². The molecule has 2 aromatic rings. The second kappa shape index (κ2) is 9.70. The van der Waals surface area contributed by atoms with Gasteiger partial charge >= 0.3 is 0 Å². The molecule has 0 aliphatic carbocycles. The molecule has 5 nitrogen and oxygen atoms in total. The van der Waals surface area contributed by atoms with Crippen LogP contribution in [0.15, 0.2) is 36.4 Å². The number of hydrogen-bond acceptors (Lipinski definition) is 4. The van der Waals surface area contributed by atoms with Crippen molar-refractivity contribution in [1.82, 2.24) is 4.90 Å². The molecule has 0 saturated carbocycles. The molecule has 1 aliphatic rings. The van der Waals surface area contributed by atoms with Crippen LogP contribution in [-0.4, -0.2) is 51.3 Å². The fraction of sp³-hybridized carbons (Fsp3) is 0.409. The molecule has 29 heavy (non-hydrogen) atoms. The van der Waals surface area contributed by atoms with E-state index in [1.807, 2.05) is 43.3 Å². The molecule has 0 spiro atoms. The first-order valence-electron chi connectivity index (χ1n) is 9.59. The van der Waals surface area contributed by atoms with Crippen LogP contribution in [0, 0.1) is 0 Å². The van der Waals surface area contributed by atoms with Crippen LogP contribution in [0.3, 0.4) is 0 Å². The molecule has 1 amide bonds. The Morgan fingerprint density at radius 2 is 1.83 bits per heavy atom. The van der Waals surface area contributed by atoms with Gasteiger partial charge in [-0.3, -0.25) is 4.79 Å². The lowest BCUT2D eigenvalue weighted by Gasteiger charge is -2.26. The average molecular weight is 437 g/mol. The molecule has 3 rings (SSSR count). The quantitative estimate of drug-likeness (QED) is 0.619. The Kier molecular flexibility index (Phi) is 7.28. The van der Waals surface area contributed by atoms with Crippen LogP contribution in [0.5, 0.6) is 5.75 Å². The predicted molar refractivity (Wildman–Crippen MR) is 117 cm³/mol. The normalized spacial score (nSPS) is 16.0. The second-order valence-electron chi connectivity index (χ2n) is 7.35. The van der Waals surface area contributed by atoms with Gasteiger partial charge in [0, 0.05) is 45.0 Å². The zero-order chi connectivity index (χ0) is 21.0. The van der Waals surface area contributed by atoms with Gasteiger partial charge in [-0.1, -0.05) is 35.3 Å². The third-order valence-corrected chi connectivity index (χ3v) is 5.57. The van der Waals surface area contributed by atoms with E-state index in [2.05, 4.69) is 0 Å². The molecule has 1 fully saturated rings. The number of hydrogen-bond donors (Lipinski definition) is 0. The third kappa shape index (κ3) is 5.35. The largest absolute Gasteiger partial charge is 0.494 e. The van der Waals surface area contributed by atoms with Crippen LogP contribution < -0.4 is 9.64 Å². The summed E-state index contributed by atoms with van der Waals surface area (Å²) in [6, 6.07) is 11.4. The van der Waals surface area contributed by atoms with Crippen LogP contribution in [0.4, 0.5) is 5.69 Å². The molecule has 0 N–H and O–H groups in total. The Hall–Kier alpha value is -1.95. The Morgan fingerprint density at radius 1 is 1.17 bits per heavy atom. The fourth-order valence-electron chi connectivity index (χ4n) is 3.43. The van der Waals surface area contributed by atoms with Gasteiger partial charge in [-0.2, -0.15) is 0 Å². The summed E-state index contributed by atoms with van der Waals surface area (Å²) in [5, 5.41) is 0.631. The number of halogens is 2. The standard InChI is InChI=1S/C22H26Cl2N2O3/c1-25(2)17-8-6-15(7-9-17)13-26(14-18-5-4-10-29-18)22(27)16-11-19(23)21(28-3)20(24)12-16/h6-9,11-12,18H,4-5,10,13-14H2,1-3H3/t18-/m1/s1. The van der Waals surface area contributed by atoms with Crippen molar-refractivity contribution in [2.24, 2.45) is 0 Å². The smallest absolute Gasteiger partial charge is 0.254 e. The Labute approximate surface area is 182 Å². The summed E-state index contributed by atoms with van der Waals surface area (Å²) in [5.74, 6) is 0.235. The fourth-order valence-corrected chi connectivity index (χ4v) is 4.08. The molecule has 156 valence electrons. The number of carbonyl (C=O) groups excluding carboxylic acids is 1. The number of amides is 1. The highest BCUT2D eigenvalue weighted by molar-refractivity contribution is 6.37. The van der Waals surface area contributed by atoms with E-state index in [0.717, 1.165) is 30.7 Å². The van der Waals surface area contributed by atoms with Crippen molar-refractivity contribution in [3.63, 3.8) is 0 Å². The first-order valence-corrected chi connectivity index (χ1v) is 10.3. The molecule has 0 unspecified atom stereocenters. The highest BCUT2D eigenvalue weighted by Crippen LogP contribution is 2.34. The summed E-state index contributed by atoms with van der Waals surface area (Å²) in [5.41, 5.74) is 2.59. The van der Waals surface area contributed by atoms with Crippen LogP contribution in [-0.2, 0) is 11.3 Å². The zero-order valence-electron chi connectivity index (χ0n) is 17.0. The maximum absolute atomic E-state index is 13.3. The summed E-state index contributed by atoms with van der Waals surface area (Å²) < 4.78 is 11.0. The lowest BCUT2D eigenvalue weighted by atomic mass is 10.1. The van der Waals surface area contributed by atoms with Crippen molar-refractivity contribution in [3.8, 4) is 5.75 Å². The average Bonchev–Trinajstić information content (AvgIpc) is 3.20. The number of ether oxygens (including phenoxy) is 2.